The number of hydrogen-bond donors (Lipinski definition) is 1. The summed E-state index contributed by atoms with van der Waals surface area (Å²) in [5, 5.41) is 8.07. The van der Waals surface area contributed by atoms with Crippen molar-refractivity contribution < 1.29 is 26.8 Å². The van der Waals surface area contributed by atoms with Gasteiger partial charge >= 0.3 is 0 Å². The fourth-order valence-corrected chi connectivity index (χ4v) is 0.158. The molecule has 0 aromatic heterocycles. The monoisotopic (exact) mass is 230 g/mol. The van der Waals surface area contributed by atoms with Crippen LogP contribution in [-0.4, -0.2) is 11.7 Å². The molecule has 60 valence electrons. The van der Waals surface area contributed by atoms with Crippen LogP contribution >= 0.6 is 37.2 Å². The summed E-state index contributed by atoms with van der Waals surface area (Å²) in [5.41, 5.74) is 0. The van der Waals surface area contributed by atoms with Gasteiger partial charge in [0.1, 0.15) is 0 Å². The normalized spacial score (nSPS) is 4.67. The van der Waals surface area contributed by atoms with Gasteiger partial charge in [0.25, 0.3) is 0 Å². The van der Waals surface area contributed by atoms with Gasteiger partial charge in [-0.3, -0.25) is 0 Å². The Labute approximate surface area is 90.1 Å². The minimum absolute atomic E-state index is 0. The number of unbranched alkanes of at least 4 members (excludes halogenated alkanes) is 1. The van der Waals surface area contributed by atoms with E-state index in [0.29, 0.717) is 6.61 Å². The summed E-state index contributed by atoms with van der Waals surface area (Å²) in [7, 11) is 0. The maximum Gasteiger partial charge on any atom is 0.0430 e. The van der Waals surface area contributed by atoms with E-state index in [1.807, 2.05) is 0 Å². The van der Waals surface area contributed by atoms with E-state index < -0.39 is 0 Å². The van der Waals surface area contributed by atoms with E-state index >= 15 is 0 Å². The summed E-state index contributed by atoms with van der Waals surface area (Å²) in [4.78, 5) is 0. The molecule has 0 bridgehead atoms. The van der Waals surface area contributed by atoms with Crippen molar-refractivity contribution in [3.05, 3.63) is 0 Å². The van der Waals surface area contributed by atoms with Gasteiger partial charge in [-0.15, -0.1) is 37.2 Å². The molecular formula is C4H13Cl3OTi. The molecule has 0 saturated heterocycles. The summed E-state index contributed by atoms with van der Waals surface area (Å²) in [6.45, 7) is 2.40. The van der Waals surface area contributed by atoms with Crippen LogP contribution in [-0.2, 0) is 21.7 Å². The van der Waals surface area contributed by atoms with Crippen LogP contribution in [0.2, 0.25) is 0 Å². The van der Waals surface area contributed by atoms with Crippen molar-refractivity contribution >= 4 is 37.2 Å². The first-order valence-corrected chi connectivity index (χ1v) is 2.02. The Kier molecular flexibility index (Phi) is 117. The molecule has 0 amide bonds. The van der Waals surface area contributed by atoms with Crippen LogP contribution in [0.25, 0.3) is 0 Å². The second kappa shape index (κ2) is 33.7. The van der Waals surface area contributed by atoms with Crippen LogP contribution in [0, 0.1) is 0 Å². The predicted octanol–water partition coefficient (Wildman–Crippen LogP) is 2.04. The predicted molar refractivity (Wildman–Crippen MR) is 43.7 cm³/mol. The Bertz CT molecular complexity index is 23.3. The first kappa shape index (κ1) is 31.2. The molecule has 0 rings (SSSR count). The third kappa shape index (κ3) is 43.2. The Morgan fingerprint density at radius 1 is 1.11 bits per heavy atom. The van der Waals surface area contributed by atoms with Crippen molar-refractivity contribution in [1.82, 2.24) is 0 Å². The Balaban J connectivity index is -0.0000000133. The summed E-state index contributed by atoms with van der Waals surface area (Å²) < 4.78 is 0. The van der Waals surface area contributed by atoms with Crippen LogP contribution in [0.15, 0.2) is 0 Å². The molecule has 0 radical (unpaired) electrons. The second-order valence-electron chi connectivity index (χ2n) is 1.08. The summed E-state index contributed by atoms with van der Waals surface area (Å²) in [5.74, 6) is 0. The molecule has 9 heavy (non-hydrogen) atoms. The van der Waals surface area contributed by atoms with E-state index in [1.165, 1.54) is 0 Å². The summed E-state index contributed by atoms with van der Waals surface area (Å²) in [6.07, 6.45) is 2.04. The van der Waals surface area contributed by atoms with E-state index in [4.69, 9.17) is 5.11 Å². The number of hydrogen-bond acceptors (Lipinski definition) is 1. The first-order chi connectivity index (χ1) is 2.41. The van der Waals surface area contributed by atoms with Gasteiger partial charge in [0.15, 0.2) is 0 Å². The molecule has 0 fully saturated rings. The minimum Gasteiger partial charge on any atom is -0.396 e. The van der Waals surface area contributed by atoms with Crippen LogP contribution in [0.3, 0.4) is 0 Å². The first-order valence-electron chi connectivity index (χ1n) is 2.02. The van der Waals surface area contributed by atoms with Gasteiger partial charge in [-0.05, 0) is 6.42 Å². The Morgan fingerprint density at radius 2 is 1.44 bits per heavy atom. The average molecular weight is 231 g/mol. The quantitative estimate of drug-likeness (QED) is 0.721. The van der Waals surface area contributed by atoms with Gasteiger partial charge in [0, 0.05) is 28.3 Å². The smallest absolute Gasteiger partial charge is 0.0430 e. The van der Waals surface area contributed by atoms with E-state index in [-0.39, 0.29) is 58.9 Å². The third-order valence-electron chi connectivity index (χ3n) is 0.512. The topological polar surface area (TPSA) is 20.2 Å². The van der Waals surface area contributed by atoms with Gasteiger partial charge in [0.05, 0.1) is 0 Å². The van der Waals surface area contributed by atoms with E-state index in [0.717, 1.165) is 12.8 Å². The maximum atomic E-state index is 8.07. The molecule has 0 saturated carbocycles. The Hall–Kier alpha value is 1.54. The van der Waals surface area contributed by atoms with Crippen LogP contribution in [0.5, 0.6) is 0 Å². The molecule has 0 aromatic carbocycles. The van der Waals surface area contributed by atoms with Crippen molar-refractivity contribution in [2.45, 2.75) is 19.8 Å². The largest absolute Gasteiger partial charge is 0.396 e. The fourth-order valence-electron chi connectivity index (χ4n) is 0.158. The molecule has 0 unspecified atom stereocenters. The molecule has 0 spiro atoms. The van der Waals surface area contributed by atoms with E-state index in [2.05, 4.69) is 6.92 Å². The average Bonchev–Trinajstić information content (AvgIpc) is 1.41. The Morgan fingerprint density at radius 3 is 1.44 bits per heavy atom. The van der Waals surface area contributed by atoms with Crippen LogP contribution in [0.4, 0.5) is 0 Å². The molecule has 0 aromatic rings. The number of aliphatic hydroxyl groups is 1. The van der Waals surface area contributed by atoms with Crippen molar-refractivity contribution in [2.24, 2.45) is 0 Å². The zero-order chi connectivity index (χ0) is 4.12. The maximum absolute atomic E-state index is 8.07. The molecule has 0 aliphatic heterocycles. The molecule has 0 heterocycles. The van der Waals surface area contributed by atoms with Crippen molar-refractivity contribution in [3.8, 4) is 0 Å². The number of rotatable bonds is 2. The van der Waals surface area contributed by atoms with E-state index in [1.54, 1.807) is 0 Å². The summed E-state index contributed by atoms with van der Waals surface area (Å²) >= 11 is 0. The molecular weight excluding hydrogens is 218 g/mol. The molecule has 0 atom stereocenters. The standard InChI is InChI=1S/C4H10O.3ClH.Ti/c1-2-3-4-5;;;;/h5H,2-4H2,1H3;3*1H;. The van der Waals surface area contributed by atoms with Gasteiger partial charge < -0.3 is 5.11 Å². The van der Waals surface area contributed by atoms with Crippen molar-refractivity contribution in [2.75, 3.05) is 6.61 Å². The van der Waals surface area contributed by atoms with Gasteiger partial charge in [0.2, 0.25) is 0 Å². The van der Waals surface area contributed by atoms with Crippen molar-refractivity contribution in [3.63, 3.8) is 0 Å². The van der Waals surface area contributed by atoms with Gasteiger partial charge in [-0.1, -0.05) is 13.3 Å². The zero-order valence-electron chi connectivity index (χ0n) is 5.29. The van der Waals surface area contributed by atoms with Crippen molar-refractivity contribution in [1.29, 1.82) is 0 Å². The van der Waals surface area contributed by atoms with E-state index in [9.17, 15) is 0 Å². The molecule has 1 nitrogen and oxygen atoms in total. The molecule has 0 aliphatic carbocycles. The SMILES string of the molecule is CCCCO.Cl.Cl.Cl.[Ti]. The van der Waals surface area contributed by atoms with Crippen LogP contribution < -0.4 is 0 Å². The third-order valence-corrected chi connectivity index (χ3v) is 0.512. The zero-order valence-corrected chi connectivity index (χ0v) is 9.30. The fraction of sp³-hybridized carbons (Fsp3) is 1.00. The molecule has 1 N–H and O–H groups in total. The second-order valence-corrected chi connectivity index (χ2v) is 1.08. The molecule has 0 aliphatic rings. The number of halogens is 3. The minimum atomic E-state index is 0. The number of aliphatic hydroxyl groups excluding tert-OH is 1. The van der Waals surface area contributed by atoms with Crippen LogP contribution in [0.1, 0.15) is 19.8 Å². The molecule has 5 heteroatoms. The van der Waals surface area contributed by atoms with Gasteiger partial charge in [-0.2, -0.15) is 0 Å². The summed E-state index contributed by atoms with van der Waals surface area (Å²) in [6, 6.07) is 0. The van der Waals surface area contributed by atoms with Gasteiger partial charge in [-0.25, -0.2) is 0 Å².